The van der Waals surface area contributed by atoms with Crippen LogP contribution in [0.15, 0.2) is 0 Å². The first-order chi connectivity index (χ1) is 6.20. The lowest BCUT2D eigenvalue weighted by Gasteiger charge is -2.43. The lowest BCUT2D eigenvalue weighted by atomic mass is 9.85. The van der Waals surface area contributed by atoms with Crippen LogP contribution in [-0.2, 0) is 9.47 Å². The Morgan fingerprint density at radius 1 is 1.31 bits per heavy atom. The van der Waals surface area contributed by atoms with Crippen molar-refractivity contribution >= 4 is 0 Å². The summed E-state index contributed by atoms with van der Waals surface area (Å²) in [6.07, 6.45) is 4.00. The minimum Gasteiger partial charge on any atom is -0.388 e. The predicted octanol–water partition coefficient (Wildman–Crippen LogP) is 1.30. The first-order valence-corrected chi connectivity index (χ1v) is 5.16. The molecule has 76 valence electrons. The van der Waals surface area contributed by atoms with Gasteiger partial charge in [0.15, 0.2) is 5.79 Å². The Bertz CT molecular complexity index is 173. The molecule has 3 heteroatoms. The van der Waals surface area contributed by atoms with Crippen LogP contribution in [0.4, 0.5) is 0 Å². The molecule has 0 bridgehead atoms. The number of aliphatic hydroxyl groups excluding tert-OH is 1. The molecule has 13 heavy (non-hydrogen) atoms. The van der Waals surface area contributed by atoms with Gasteiger partial charge in [-0.25, -0.2) is 0 Å². The van der Waals surface area contributed by atoms with Gasteiger partial charge in [-0.3, -0.25) is 0 Å². The van der Waals surface area contributed by atoms with Gasteiger partial charge in [0.1, 0.15) is 6.10 Å². The third-order valence-electron chi connectivity index (χ3n) is 2.99. The van der Waals surface area contributed by atoms with Crippen LogP contribution in [0.2, 0.25) is 0 Å². The van der Waals surface area contributed by atoms with Crippen LogP contribution in [0.3, 0.4) is 0 Å². The van der Waals surface area contributed by atoms with Crippen LogP contribution in [0, 0.1) is 5.92 Å². The molecule has 0 aromatic rings. The third kappa shape index (κ3) is 2.03. The van der Waals surface area contributed by atoms with Crippen molar-refractivity contribution in [1.82, 2.24) is 0 Å². The van der Waals surface area contributed by atoms with Crippen molar-refractivity contribution in [2.45, 2.75) is 44.5 Å². The highest BCUT2D eigenvalue weighted by molar-refractivity contribution is 4.82. The van der Waals surface area contributed by atoms with Crippen molar-refractivity contribution in [2.24, 2.45) is 5.92 Å². The Kier molecular flexibility index (Phi) is 2.58. The van der Waals surface area contributed by atoms with E-state index in [9.17, 15) is 5.11 Å². The molecule has 1 atom stereocenters. The second-order valence-electron chi connectivity index (χ2n) is 4.39. The highest BCUT2D eigenvalue weighted by Crippen LogP contribution is 2.37. The van der Waals surface area contributed by atoms with Crippen LogP contribution in [0.5, 0.6) is 0 Å². The highest BCUT2D eigenvalue weighted by atomic mass is 16.7. The van der Waals surface area contributed by atoms with Gasteiger partial charge < -0.3 is 14.6 Å². The van der Waals surface area contributed by atoms with E-state index in [-0.39, 0.29) is 5.79 Å². The van der Waals surface area contributed by atoms with Crippen LogP contribution < -0.4 is 0 Å². The quantitative estimate of drug-likeness (QED) is 0.619. The largest absolute Gasteiger partial charge is 0.388 e. The fraction of sp³-hybridized carbons (Fsp3) is 1.00. The molecule has 0 amide bonds. The van der Waals surface area contributed by atoms with Crippen LogP contribution in [0.1, 0.15) is 32.6 Å². The van der Waals surface area contributed by atoms with Crippen molar-refractivity contribution in [1.29, 1.82) is 0 Å². The molecule has 1 aliphatic carbocycles. The summed E-state index contributed by atoms with van der Waals surface area (Å²) in [7, 11) is 0. The average molecular weight is 186 g/mol. The molecular formula is C10H18O3. The maximum Gasteiger partial charge on any atom is 0.168 e. The molecule has 0 radical (unpaired) electrons. The van der Waals surface area contributed by atoms with Gasteiger partial charge in [0, 0.05) is 12.8 Å². The molecule has 0 aromatic carbocycles. The Morgan fingerprint density at radius 2 is 2.00 bits per heavy atom. The first kappa shape index (κ1) is 9.44. The number of hydrogen-bond acceptors (Lipinski definition) is 3. The van der Waals surface area contributed by atoms with E-state index in [1.807, 2.05) is 0 Å². The summed E-state index contributed by atoms with van der Waals surface area (Å²) in [5, 5.41) is 9.24. The predicted molar refractivity (Wildman–Crippen MR) is 48.3 cm³/mol. The summed E-state index contributed by atoms with van der Waals surface area (Å²) in [5.41, 5.74) is 0. The SMILES string of the molecule is C[C@@H]1CCCC2(C1)OCC(O)CO2. The Labute approximate surface area is 79.0 Å². The number of hydrogen-bond donors (Lipinski definition) is 1. The standard InChI is InChI=1S/C10H18O3/c1-8-3-2-4-10(5-8)12-6-9(11)7-13-10/h8-9,11H,2-7H2,1H3/t8-,9?,10?/m1/s1. The summed E-state index contributed by atoms with van der Waals surface area (Å²) in [5.74, 6) is 0.334. The molecule has 2 rings (SSSR count). The molecule has 0 unspecified atom stereocenters. The lowest BCUT2D eigenvalue weighted by Crippen LogP contribution is -2.48. The van der Waals surface area contributed by atoms with Gasteiger partial charge >= 0.3 is 0 Å². The topological polar surface area (TPSA) is 38.7 Å². The van der Waals surface area contributed by atoms with Crippen molar-refractivity contribution in [2.75, 3.05) is 13.2 Å². The van der Waals surface area contributed by atoms with E-state index < -0.39 is 6.10 Å². The first-order valence-electron chi connectivity index (χ1n) is 5.16. The van der Waals surface area contributed by atoms with Crippen molar-refractivity contribution < 1.29 is 14.6 Å². The van der Waals surface area contributed by atoms with E-state index in [2.05, 4.69) is 6.92 Å². The third-order valence-corrected chi connectivity index (χ3v) is 2.99. The van der Waals surface area contributed by atoms with Gasteiger partial charge in [-0.05, 0) is 12.3 Å². The van der Waals surface area contributed by atoms with Gasteiger partial charge in [-0.15, -0.1) is 0 Å². The second-order valence-corrected chi connectivity index (χ2v) is 4.39. The zero-order chi connectivity index (χ0) is 9.31. The number of aliphatic hydroxyl groups is 1. The monoisotopic (exact) mass is 186 g/mol. The molecule has 2 aliphatic rings. The number of ether oxygens (including phenoxy) is 2. The zero-order valence-electron chi connectivity index (χ0n) is 8.16. The minimum absolute atomic E-state index is 0.350. The minimum atomic E-state index is -0.428. The van der Waals surface area contributed by atoms with E-state index in [1.165, 1.54) is 12.8 Å². The summed E-state index contributed by atoms with van der Waals surface area (Å²) in [4.78, 5) is 0. The van der Waals surface area contributed by atoms with Crippen molar-refractivity contribution in [3.8, 4) is 0 Å². The zero-order valence-corrected chi connectivity index (χ0v) is 8.16. The average Bonchev–Trinajstić information content (AvgIpc) is 2.11. The summed E-state index contributed by atoms with van der Waals surface area (Å²) in [6, 6.07) is 0. The van der Waals surface area contributed by atoms with Gasteiger partial charge in [0.05, 0.1) is 13.2 Å². The van der Waals surface area contributed by atoms with Crippen LogP contribution in [0.25, 0.3) is 0 Å². The molecule has 1 N–H and O–H groups in total. The maximum atomic E-state index is 9.24. The fourth-order valence-electron chi connectivity index (χ4n) is 2.30. The van der Waals surface area contributed by atoms with E-state index in [0.717, 1.165) is 12.8 Å². The molecular weight excluding hydrogens is 168 g/mol. The van der Waals surface area contributed by atoms with Crippen molar-refractivity contribution in [3.63, 3.8) is 0 Å². The Balaban J connectivity index is 1.95. The van der Waals surface area contributed by atoms with E-state index in [1.54, 1.807) is 0 Å². The highest BCUT2D eigenvalue weighted by Gasteiger charge is 2.40. The van der Waals surface area contributed by atoms with E-state index in [0.29, 0.717) is 19.1 Å². The summed E-state index contributed by atoms with van der Waals surface area (Å²) in [6.45, 7) is 3.11. The molecule has 2 fully saturated rings. The molecule has 1 saturated carbocycles. The Hall–Kier alpha value is -0.120. The lowest BCUT2D eigenvalue weighted by molar-refractivity contribution is -0.308. The van der Waals surface area contributed by atoms with E-state index in [4.69, 9.17) is 9.47 Å². The normalized spacial score (nSPS) is 46.6. The number of rotatable bonds is 0. The van der Waals surface area contributed by atoms with Crippen molar-refractivity contribution in [3.05, 3.63) is 0 Å². The molecule has 1 aliphatic heterocycles. The van der Waals surface area contributed by atoms with Gasteiger partial charge in [0.2, 0.25) is 0 Å². The van der Waals surface area contributed by atoms with E-state index >= 15 is 0 Å². The summed E-state index contributed by atoms with van der Waals surface area (Å²) < 4.78 is 11.2. The maximum absolute atomic E-state index is 9.24. The second kappa shape index (κ2) is 3.56. The molecule has 3 nitrogen and oxygen atoms in total. The molecule has 0 aromatic heterocycles. The molecule has 1 heterocycles. The fourth-order valence-corrected chi connectivity index (χ4v) is 2.30. The smallest absolute Gasteiger partial charge is 0.168 e. The van der Waals surface area contributed by atoms with Crippen LogP contribution in [-0.4, -0.2) is 30.2 Å². The molecule has 1 saturated heterocycles. The van der Waals surface area contributed by atoms with Gasteiger partial charge in [-0.1, -0.05) is 13.3 Å². The van der Waals surface area contributed by atoms with Gasteiger partial charge in [-0.2, -0.15) is 0 Å². The summed E-state index contributed by atoms with van der Waals surface area (Å²) >= 11 is 0. The van der Waals surface area contributed by atoms with Gasteiger partial charge in [0.25, 0.3) is 0 Å². The van der Waals surface area contributed by atoms with Crippen LogP contribution >= 0.6 is 0 Å². The Morgan fingerprint density at radius 3 is 2.62 bits per heavy atom. The molecule has 1 spiro atoms.